The molecule has 28 heavy (non-hydrogen) atoms. The van der Waals surface area contributed by atoms with E-state index in [0.717, 1.165) is 56.1 Å². The highest BCUT2D eigenvalue weighted by Crippen LogP contribution is 2.26. The number of hydrogen-bond acceptors (Lipinski definition) is 5. The normalized spacial score (nSPS) is 15.6. The Labute approximate surface area is 166 Å². The second-order valence-corrected chi connectivity index (χ2v) is 7.81. The van der Waals surface area contributed by atoms with Gasteiger partial charge in [0.2, 0.25) is 0 Å². The van der Waals surface area contributed by atoms with Crippen molar-refractivity contribution in [2.24, 2.45) is 29.1 Å². The fourth-order valence-electron chi connectivity index (χ4n) is 3.67. The molecule has 150 valence electrons. The molecule has 2 aromatic rings. The molecule has 3 rings (SSSR count). The Balaban J connectivity index is 1.74. The molecule has 0 aliphatic carbocycles. The molecule has 0 unspecified atom stereocenters. The standard InChI is InChI=1S/C20H30N8/c1-15(2)10-16-4-5-18(20(21)24-25-22)19(11-16)28-8-6-27(7-9-28)13-17-12-26(3)14-23-17/h4-5,11-12,14-15H,6-10,13H2,1-3H3,(H3,21,22,24). The van der Waals surface area contributed by atoms with Gasteiger partial charge in [0.1, 0.15) is 0 Å². The highest BCUT2D eigenvalue weighted by molar-refractivity contribution is 6.02. The molecule has 1 aliphatic heterocycles. The Kier molecular flexibility index (Phi) is 6.41. The fourth-order valence-corrected chi connectivity index (χ4v) is 3.67. The first-order valence-corrected chi connectivity index (χ1v) is 9.73. The van der Waals surface area contributed by atoms with Crippen molar-refractivity contribution in [1.82, 2.24) is 14.5 Å². The predicted octanol–water partition coefficient (Wildman–Crippen LogP) is 2.59. The van der Waals surface area contributed by atoms with Gasteiger partial charge in [0.05, 0.1) is 12.0 Å². The Morgan fingerprint density at radius 2 is 2.00 bits per heavy atom. The van der Waals surface area contributed by atoms with Gasteiger partial charge in [0.25, 0.3) is 0 Å². The van der Waals surface area contributed by atoms with Crippen molar-refractivity contribution in [3.8, 4) is 0 Å². The summed E-state index contributed by atoms with van der Waals surface area (Å²) in [5, 5.41) is 15.3. The molecule has 1 fully saturated rings. The highest BCUT2D eigenvalue weighted by atomic mass is 15.3. The molecular formula is C20H30N8. The number of anilines is 1. The minimum absolute atomic E-state index is 0.101. The summed E-state index contributed by atoms with van der Waals surface area (Å²) in [5.74, 6) is 5.86. The third-order valence-corrected chi connectivity index (χ3v) is 4.98. The van der Waals surface area contributed by atoms with Crippen LogP contribution >= 0.6 is 0 Å². The third kappa shape index (κ3) is 4.95. The van der Waals surface area contributed by atoms with Crippen LogP contribution in [0.3, 0.4) is 0 Å². The van der Waals surface area contributed by atoms with Gasteiger partial charge < -0.3 is 15.3 Å². The zero-order chi connectivity index (χ0) is 20.1. The van der Waals surface area contributed by atoms with Crippen LogP contribution in [0.2, 0.25) is 0 Å². The summed E-state index contributed by atoms with van der Waals surface area (Å²) in [7, 11) is 1.99. The lowest BCUT2D eigenvalue weighted by molar-refractivity contribution is 0.247. The number of imidazole rings is 1. The zero-order valence-corrected chi connectivity index (χ0v) is 17.0. The van der Waals surface area contributed by atoms with E-state index in [4.69, 9.17) is 11.3 Å². The van der Waals surface area contributed by atoms with Crippen LogP contribution in [0.25, 0.3) is 0 Å². The molecular weight excluding hydrogens is 352 g/mol. The molecule has 1 aliphatic rings. The van der Waals surface area contributed by atoms with Crippen molar-refractivity contribution in [1.29, 1.82) is 5.41 Å². The van der Waals surface area contributed by atoms with Gasteiger partial charge in [-0.05, 0) is 30.0 Å². The molecule has 1 aromatic carbocycles. The van der Waals surface area contributed by atoms with Gasteiger partial charge >= 0.3 is 0 Å². The average Bonchev–Trinajstić information content (AvgIpc) is 3.07. The molecule has 0 atom stereocenters. The van der Waals surface area contributed by atoms with Crippen molar-refractivity contribution in [2.45, 2.75) is 26.8 Å². The minimum Gasteiger partial charge on any atom is -0.368 e. The number of aryl methyl sites for hydroxylation is 1. The maximum atomic E-state index is 8.20. The Morgan fingerprint density at radius 1 is 1.25 bits per heavy atom. The van der Waals surface area contributed by atoms with Gasteiger partial charge in [0, 0.05) is 57.2 Å². The maximum Gasteiger partial charge on any atom is 0.178 e. The summed E-state index contributed by atoms with van der Waals surface area (Å²) in [6.07, 6.45) is 4.92. The molecule has 1 saturated heterocycles. The number of nitrogens with one attached hydrogen (secondary N) is 1. The average molecular weight is 383 g/mol. The number of benzene rings is 1. The number of nitrogens with two attached hydrogens (primary N) is 1. The molecule has 8 heteroatoms. The molecule has 0 saturated carbocycles. The summed E-state index contributed by atoms with van der Waals surface area (Å²) in [5.41, 5.74) is 4.20. The van der Waals surface area contributed by atoms with Gasteiger partial charge in [-0.15, -0.1) is 5.11 Å². The van der Waals surface area contributed by atoms with E-state index >= 15 is 0 Å². The summed E-state index contributed by atoms with van der Waals surface area (Å²) < 4.78 is 1.98. The quantitative estimate of drug-likeness (QED) is 0.264. The molecule has 0 bridgehead atoms. The van der Waals surface area contributed by atoms with E-state index < -0.39 is 0 Å². The van der Waals surface area contributed by atoms with E-state index in [0.29, 0.717) is 5.92 Å². The van der Waals surface area contributed by atoms with Crippen molar-refractivity contribution in [3.63, 3.8) is 0 Å². The Bertz CT molecular complexity index is 830. The van der Waals surface area contributed by atoms with E-state index in [1.165, 1.54) is 5.56 Å². The lowest BCUT2D eigenvalue weighted by atomic mass is 9.99. The van der Waals surface area contributed by atoms with E-state index in [1.807, 2.05) is 24.0 Å². The van der Waals surface area contributed by atoms with Crippen LogP contribution in [0, 0.1) is 11.3 Å². The second kappa shape index (κ2) is 8.97. The summed E-state index contributed by atoms with van der Waals surface area (Å²) in [4.78, 5) is 9.19. The highest BCUT2D eigenvalue weighted by Gasteiger charge is 2.21. The topological polar surface area (TPSA) is 98.9 Å². The Morgan fingerprint density at radius 3 is 2.61 bits per heavy atom. The van der Waals surface area contributed by atoms with Gasteiger partial charge in [-0.2, -0.15) is 0 Å². The van der Waals surface area contributed by atoms with Crippen LogP contribution in [-0.4, -0.2) is 46.5 Å². The van der Waals surface area contributed by atoms with E-state index in [2.05, 4.69) is 57.3 Å². The van der Waals surface area contributed by atoms with Gasteiger partial charge in [-0.1, -0.05) is 25.1 Å². The van der Waals surface area contributed by atoms with E-state index in [-0.39, 0.29) is 5.84 Å². The molecule has 3 N–H and O–H groups in total. The lowest BCUT2D eigenvalue weighted by Gasteiger charge is -2.36. The number of aromatic nitrogens is 2. The smallest absolute Gasteiger partial charge is 0.178 e. The second-order valence-electron chi connectivity index (χ2n) is 7.81. The van der Waals surface area contributed by atoms with Crippen molar-refractivity contribution in [2.75, 3.05) is 31.1 Å². The third-order valence-electron chi connectivity index (χ3n) is 4.98. The van der Waals surface area contributed by atoms with Crippen LogP contribution in [0.4, 0.5) is 5.69 Å². The Hall–Kier alpha value is -2.74. The number of amidine groups is 1. The lowest BCUT2D eigenvalue weighted by Crippen LogP contribution is -2.46. The first-order valence-electron chi connectivity index (χ1n) is 9.73. The number of hydrogen-bond donors (Lipinski definition) is 2. The monoisotopic (exact) mass is 382 g/mol. The summed E-state index contributed by atoms with van der Waals surface area (Å²) >= 11 is 0. The van der Waals surface area contributed by atoms with Crippen molar-refractivity contribution < 1.29 is 0 Å². The summed E-state index contributed by atoms with van der Waals surface area (Å²) in [6.45, 7) is 9.01. The summed E-state index contributed by atoms with van der Waals surface area (Å²) in [6, 6.07) is 6.26. The predicted molar refractivity (Wildman–Crippen MR) is 112 cm³/mol. The van der Waals surface area contributed by atoms with Gasteiger partial charge in [-0.3, -0.25) is 10.3 Å². The number of rotatable bonds is 6. The molecule has 0 spiro atoms. The SMILES string of the molecule is CC(C)Cc1ccc(C(=N)/N=N\N)c(N2CCN(Cc3cn(C)cn3)CC2)c1. The van der Waals surface area contributed by atoms with E-state index in [9.17, 15) is 0 Å². The first-order chi connectivity index (χ1) is 13.5. The van der Waals surface area contributed by atoms with Crippen LogP contribution in [-0.2, 0) is 20.0 Å². The van der Waals surface area contributed by atoms with Crippen LogP contribution < -0.4 is 10.7 Å². The number of piperazine rings is 1. The first kappa shape index (κ1) is 20.0. The maximum absolute atomic E-state index is 8.20. The van der Waals surface area contributed by atoms with Crippen LogP contribution in [0.15, 0.2) is 41.1 Å². The van der Waals surface area contributed by atoms with Crippen molar-refractivity contribution in [3.05, 3.63) is 47.5 Å². The van der Waals surface area contributed by atoms with Crippen molar-refractivity contribution >= 4 is 11.5 Å². The van der Waals surface area contributed by atoms with Gasteiger partial charge in [0.15, 0.2) is 5.84 Å². The van der Waals surface area contributed by atoms with Crippen LogP contribution in [0.5, 0.6) is 0 Å². The molecule has 8 nitrogen and oxygen atoms in total. The molecule has 2 heterocycles. The fraction of sp³-hybridized carbons (Fsp3) is 0.500. The molecule has 0 radical (unpaired) electrons. The zero-order valence-electron chi connectivity index (χ0n) is 17.0. The minimum atomic E-state index is 0.101. The molecule has 0 amide bonds. The largest absolute Gasteiger partial charge is 0.368 e. The molecule has 1 aromatic heterocycles. The van der Waals surface area contributed by atoms with Gasteiger partial charge in [-0.25, -0.2) is 4.98 Å². The van der Waals surface area contributed by atoms with Crippen LogP contribution in [0.1, 0.15) is 30.7 Å². The number of nitrogens with zero attached hydrogens (tertiary/aromatic N) is 6. The van der Waals surface area contributed by atoms with E-state index in [1.54, 1.807) is 0 Å².